The van der Waals surface area contributed by atoms with Crippen molar-refractivity contribution in [2.75, 3.05) is 45.2 Å². The van der Waals surface area contributed by atoms with Gasteiger partial charge >= 0.3 is 16.2 Å². The molecule has 2 aromatic carbocycles. The van der Waals surface area contributed by atoms with Crippen molar-refractivity contribution in [3.05, 3.63) is 59.1 Å². The van der Waals surface area contributed by atoms with Crippen molar-refractivity contribution in [3.8, 4) is 0 Å². The number of anilines is 1. The van der Waals surface area contributed by atoms with Crippen LogP contribution in [-0.4, -0.2) is 80.9 Å². The van der Waals surface area contributed by atoms with E-state index in [0.29, 0.717) is 30.4 Å². The van der Waals surface area contributed by atoms with Crippen LogP contribution in [0.4, 0.5) is 19.3 Å². The molecule has 1 atom stereocenters. The molecule has 0 spiro atoms. The smallest absolute Gasteiger partial charge is 0.325 e. The van der Waals surface area contributed by atoms with E-state index in [2.05, 4.69) is 10.3 Å². The van der Waals surface area contributed by atoms with Gasteiger partial charge in [0.05, 0.1) is 15.7 Å². The number of carbonyl (C=O) groups is 2. The third-order valence-electron chi connectivity index (χ3n) is 6.02. The molecular formula is C23H26F2N6O4S2. The zero-order valence-corrected chi connectivity index (χ0v) is 21.8. The van der Waals surface area contributed by atoms with Crippen LogP contribution >= 0.6 is 11.3 Å². The Morgan fingerprint density at radius 3 is 2.46 bits per heavy atom. The maximum atomic E-state index is 13.8. The lowest BCUT2D eigenvalue weighted by Gasteiger charge is -2.31. The number of nitrogens with zero attached hydrogens (tertiary/aromatic N) is 4. The number of hydrogen-bond donors (Lipinski definition) is 2. The van der Waals surface area contributed by atoms with Crippen LogP contribution in [0.3, 0.4) is 0 Å². The first-order valence-corrected chi connectivity index (χ1v) is 13.7. The molecule has 0 bridgehead atoms. The maximum absolute atomic E-state index is 13.8. The van der Waals surface area contributed by atoms with Crippen LogP contribution < -0.4 is 14.9 Å². The fourth-order valence-corrected chi connectivity index (χ4v) is 5.70. The number of aromatic nitrogens is 1. The highest BCUT2D eigenvalue weighted by Gasteiger charge is 2.30. The Kier molecular flexibility index (Phi) is 8.02. The van der Waals surface area contributed by atoms with Gasteiger partial charge in [0.25, 0.3) is 0 Å². The van der Waals surface area contributed by atoms with Crippen molar-refractivity contribution < 1.29 is 26.8 Å². The van der Waals surface area contributed by atoms with Gasteiger partial charge in [-0.2, -0.15) is 12.7 Å². The first-order valence-electron chi connectivity index (χ1n) is 11.3. The van der Waals surface area contributed by atoms with Crippen LogP contribution in [-0.2, 0) is 21.4 Å². The monoisotopic (exact) mass is 552 g/mol. The number of carbonyl (C=O) groups excluding carboxylic acids is 2. The van der Waals surface area contributed by atoms with Crippen LogP contribution in [0.2, 0.25) is 0 Å². The Balaban J connectivity index is 1.54. The van der Waals surface area contributed by atoms with Crippen molar-refractivity contribution in [1.82, 2.24) is 24.2 Å². The highest BCUT2D eigenvalue weighted by molar-refractivity contribution is 7.87. The third kappa shape index (κ3) is 6.57. The second kappa shape index (κ2) is 11.0. The normalized spacial score (nSPS) is 15.9. The van der Waals surface area contributed by atoms with Gasteiger partial charge in [0.2, 0.25) is 5.91 Å². The molecule has 1 aliphatic heterocycles. The summed E-state index contributed by atoms with van der Waals surface area (Å²) in [6.45, 7) is 1.41. The molecule has 14 heteroatoms. The number of thiazole rings is 1. The fraction of sp³-hybridized carbons (Fsp3) is 0.348. The lowest BCUT2D eigenvalue weighted by molar-refractivity contribution is -0.120. The van der Waals surface area contributed by atoms with Gasteiger partial charge in [-0.15, -0.1) is 11.3 Å². The average Bonchev–Trinajstić information content (AvgIpc) is 3.30. The molecule has 0 radical (unpaired) electrons. The second-order valence-corrected chi connectivity index (χ2v) is 11.3. The molecule has 3 aromatic rings. The van der Waals surface area contributed by atoms with Gasteiger partial charge in [0, 0.05) is 51.4 Å². The number of rotatable bonds is 7. The molecule has 198 valence electrons. The Bertz CT molecular complexity index is 1390. The zero-order chi connectivity index (χ0) is 26.7. The molecular weight excluding hydrogens is 526 g/mol. The van der Waals surface area contributed by atoms with Gasteiger partial charge in [0.15, 0.2) is 0 Å². The molecule has 0 aliphatic carbocycles. The molecule has 1 aliphatic rings. The van der Waals surface area contributed by atoms with E-state index in [0.717, 1.165) is 21.1 Å². The van der Waals surface area contributed by atoms with Gasteiger partial charge in [-0.25, -0.2) is 23.3 Å². The molecule has 2 N–H and O–H groups in total. The molecule has 1 fully saturated rings. The van der Waals surface area contributed by atoms with E-state index in [1.54, 1.807) is 23.7 Å². The van der Waals surface area contributed by atoms with Crippen LogP contribution in [0.15, 0.2) is 41.9 Å². The summed E-state index contributed by atoms with van der Waals surface area (Å²) in [5, 5.41) is 2.38. The van der Waals surface area contributed by atoms with Gasteiger partial charge in [-0.3, -0.25) is 4.79 Å². The minimum atomic E-state index is -4.16. The number of urea groups is 1. The van der Waals surface area contributed by atoms with E-state index in [-0.39, 0.29) is 25.1 Å². The summed E-state index contributed by atoms with van der Waals surface area (Å²) in [6, 6.07) is 5.52. The number of hydrogen-bond acceptors (Lipinski definition) is 7. The second-order valence-electron chi connectivity index (χ2n) is 8.72. The van der Waals surface area contributed by atoms with E-state index < -0.39 is 39.8 Å². The predicted molar refractivity (Wildman–Crippen MR) is 137 cm³/mol. The van der Waals surface area contributed by atoms with Crippen molar-refractivity contribution in [3.63, 3.8) is 0 Å². The molecule has 0 saturated carbocycles. The predicted octanol–water partition coefficient (Wildman–Crippen LogP) is 1.94. The maximum Gasteiger partial charge on any atom is 0.330 e. The van der Waals surface area contributed by atoms with Gasteiger partial charge in [-0.1, -0.05) is 0 Å². The SMILES string of the molecule is CN1CCN(S(=O)(=O)NC(=O)N[C@@H](Cc2cc(F)cc(F)c2)C(=O)N(C)c2ccc3scnc3c2)CC1. The lowest BCUT2D eigenvalue weighted by Crippen LogP contribution is -2.56. The number of likely N-dealkylation sites (N-methyl/N-ethyl adjacent to an activating group) is 2. The summed E-state index contributed by atoms with van der Waals surface area (Å²) in [4.78, 5) is 33.6. The average molecular weight is 553 g/mol. The number of benzene rings is 2. The lowest BCUT2D eigenvalue weighted by atomic mass is 10.0. The summed E-state index contributed by atoms with van der Waals surface area (Å²) >= 11 is 1.44. The van der Waals surface area contributed by atoms with Crippen LogP contribution in [0, 0.1) is 11.6 Å². The molecule has 1 saturated heterocycles. The summed E-state index contributed by atoms with van der Waals surface area (Å²) in [5.74, 6) is -2.30. The first kappa shape index (κ1) is 26.9. The minimum absolute atomic E-state index is 0.112. The number of amides is 3. The van der Waals surface area contributed by atoms with E-state index in [9.17, 15) is 26.8 Å². The van der Waals surface area contributed by atoms with Crippen molar-refractivity contribution in [1.29, 1.82) is 0 Å². The molecule has 10 nitrogen and oxygen atoms in total. The standard InChI is InChI=1S/C23H26F2N6O4S2/c1-29-5-7-31(8-6-29)37(34,35)28-23(33)27-20(11-15-9-16(24)12-17(25)10-15)22(32)30(2)18-3-4-21-19(13-18)26-14-36-21/h3-4,9-10,12-14,20H,5-8,11H2,1-2H3,(H2,27,28,33)/t20-/m0/s1. The summed E-state index contributed by atoms with van der Waals surface area (Å²) < 4.78 is 57.0. The van der Waals surface area contributed by atoms with E-state index in [1.165, 1.54) is 23.3 Å². The van der Waals surface area contributed by atoms with Crippen molar-refractivity contribution in [2.24, 2.45) is 0 Å². The Labute approximate surface area is 217 Å². The largest absolute Gasteiger partial charge is 0.330 e. The van der Waals surface area contributed by atoms with Gasteiger partial charge in [0.1, 0.15) is 17.7 Å². The summed E-state index contributed by atoms with van der Waals surface area (Å²) in [6.07, 6.45) is -0.279. The molecule has 3 amide bonds. The third-order valence-corrected chi connectivity index (χ3v) is 8.32. The zero-order valence-electron chi connectivity index (χ0n) is 20.1. The molecule has 4 rings (SSSR count). The molecule has 0 unspecified atom stereocenters. The molecule has 1 aromatic heterocycles. The Hall–Kier alpha value is -3.20. The molecule has 37 heavy (non-hydrogen) atoms. The number of piperazine rings is 1. The quantitative estimate of drug-likeness (QED) is 0.463. The summed E-state index contributed by atoms with van der Waals surface area (Å²) in [5.41, 5.74) is 2.94. The number of nitrogens with one attached hydrogen (secondary N) is 2. The van der Waals surface area contributed by atoms with Crippen molar-refractivity contribution in [2.45, 2.75) is 12.5 Å². The van der Waals surface area contributed by atoms with Gasteiger partial charge in [-0.05, 0) is 42.9 Å². The van der Waals surface area contributed by atoms with Crippen LogP contribution in [0.1, 0.15) is 5.56 Å². The first-order chi connectivity index (χ1) is 17.5. The number of halogens is 2. The minimum Gasteiger partial charge on any atom is -0.325 e. The van der Waals surface area contributed by atoms with Gasteiger partial charge < -0.3 is 15.1 Å². The number of fused-ring (bicyclic) bond motifs is 1. The highest BCUT2D eigenvalue weighted by Crippen LogP contribution is 2.24. The molecule has 2 heterocycles. The Morgan fingerprint density at radius 1 is 1.11 bits per heavy atom. The fourth-order valence-electron chi connectivity index (χ4n) is 3.98. The highest BCUT2D eigenvalue weighted by atomic mass is 32.2. The summed E-state index contributed by atoms with van der Waals surface area (Å²) in [7, 11) is -0.820. The van der Waals surface area contributed by atoms with Crippen molar-refractivity contribution >= 4 is 49.4 Å². The van der Waals surface area contributed by atoms with E-state index in [4.69, 9.17) is 0 Å². The van der Waals surface area contributed by atoms with E-state index >= 15 is 0 Å². The van der Waals surface area contributed by atoms with Crippen LogP contribution in [0.5, 0.6) is 0 Å². The Morgan fingerprint density at radius 2 is 1.78 bits per heavy atom. The topological polar surface area (TPSA) is 115 Å². The van der Waals surface area contributed by atoms with E-state index in [1.807, 2.05) is 16.7 Å². The van der Waals surface area contributed by atoms with Crippen LogP contribution in [0.25, 0.3) is 10.2 Å².